The minimum atomic E-state index is -0.118. The summed E-state index contributed by atoms with van der Waals surface area (Å²) in [6.45, 7) is 8.66. The molecule has 2 rings (SSSR count). The second-order valence-corrected chi connectivity index (χ2v) is 10.1. The minimum absolute atomic E-state index is 0.000564. The smallest absolute Gasteiger partial charge is 0.169 e. The summed E-state index contributed by atoms with van der Waals surface area (Å²) in [6.07, 6.45) is 4.85. The summed E-state index contributed by atoms with van der Waals surface area (Å²) in [5.74, 6) is 0.187. The molecule has 1 fully saturated rings. The van der Waals surface area contributed by atoms with Crippen molar-refractivity contribution in [2.45, 2.75) is 61.5 Å². The van der Waals surface area contributed by atoms with E-state index in [1.807, 2.05) is 6.08 Å². The number of hydrogen-bond acceptors (Lipinski definition) is 1. The molecule has 1 nitrogen and oxygen atoms in total. The Hall–Kier alpha value is 0.660. The van der Waals surface area contributed by atoms with Crippen LogP contribution < -0.4 is 0 Å². The molecule has 0 aromatic rings. The van der Waals surface area contributed by atoms with Gasteiger partial charge in [-0.25, -0.2) is 0 Å². The van der Waals surface area contributed by atoms with E-state index >= 15 is 0 Å². The van der Waals surface area contributed by atoms with Gasteiger partial charge in [-0.05, 0) is 50.0 Å². The molecule has 0 unspecified atom stereocenters. The Kier molecular flexibility index (Phi) is 4.09. The fraction of sp³-hybridized carbons (Fsp3) is 0.800. The van der Waals surface area contributed by atoms with Crippen LogP contribution in [-0.2, 0) is 4.79 Å². The van der Waals surface area contributed by atoms with Crippen LogP contribution in [0.15, 0.2) is 11.6 Å². The van der Waals surface area contributed by atoms with Crippen molar-refractivity contribution in [2.75, 3.05) is 0 Å². The Morgan fingerprint density at radius 3 is 2.42 bits per heavy atom. The van der Waals surface area contributed by atoms with E-state index in [1.54, 1.807) is 0 Å². The van der Waals surface area contributed by atoms with Crippen LogP contribution in [0.4, 0.5) is 0 Å². The van der Waals surface area contributed by atoms with E-state index in [9.17, 15) is 4.79 Å². The molecule has 1 spiro atoms. The number of rotatable bonds is 0. The van der Waals surface area contributed by atoms with E-state index in [4.69, 9.17) is 11.6 Å². The summed E-state index contributed by atoms with van der Waals surface area (Å²) in [7, 11) is 0. The van der Waals surface area contributed by atoms with Gasteiger partial charge in [0.1, 0.15) is 0 Å². The summed E-state index contributed by atoms with van der Waals surface area (Å²) in [5, 5.41) is 0.0803. The first-order valence-corrected chi connectivity index (χ1v) is 8.89. The fourth-order valence-electron chi connectivity index (χ4n) is 3.71. The molecule has 108 valence electrons. The Morgan fingerprint density at radius 1 is 1.32 bits per heavy atom. The van der Waals surface area contributed by atoms with E-state index in [-0.39, 0.29) is 31.1 Å². The topological polar surface area (TPSA) is 17.1 Å². The number of alkyl halides is 3. The highest BCUT2D eigenvalue weighted by atomic mass is 79.9. The SMILES string of the molecule is CC1=CC(=O)[C@@H](Br)C(C)(C)[C@]12CC[C@](C)(Br)[C@@H](Cl)C2. The zero-order chi connectivity index (χ0) is 14.6. The molecule has 0 aromatic heterocycles. The number of carbonyl (C=O) groups excluding carboxylic acids is 1. The van der Waals surface area contributed by atoms with Gasteiger partial charge in [0.15, 0.2) is 5.78 Å². The van der Waals surface area contributed by atoms with Crippen molar-refractivity contribution in [3.63, 3.8) is 0 Å². The average molecular weight is 413 g/mol. The quantitative estimate of drug-likeness (QED) is 0.498. The van der Waals surface area contributed by atoms with Crippen molar-refractivity contribution < 1.29 is 4.79 Å². The zero-order valence-corrected chi connectivity index (χ0v) is 15.8. The standard InChI is InChI=1S/C15H21Br2ClO/c1-9-7-10(19)12(16)13(2,3)15(9)6-5-14(4,17)11(18)8-15/h7,11-12H,5-6,8H2,1-4H3/t11-,12+,14-,15-/m0/s1. The van der Waals surface area contributed by atoms with Crippen molar-refractivity contribution in [3.05, 3.63) is 11.6 Å². The summed E-state index contributed by atoms with van der Waals surface area (Å²) in [6, 6.07) is 0. The number of allylic oxidation sites excluding steroid dienone is 2. The van der Waals surface area contributed by atoms with Crippen LogP contribution in [0.1, 0.15) is 47.0 Å². The first-order chi connectivity index (χ1) is 8.54. The molecule has 0 saturated heterocycles. The van der Waals surface area contributed by atoms with Crippen LogP contribution >= 0.6 is 43.5 Å². The van der Waals surface area contributed by atoms with Crippen LogP contribution in [0, 0.1) is 10.8 Å². The first-order valence-electron chi connectivity index (χ1n) is 6.74. The van der Waals surface area contributed by atoms with Crippen LogP contribution in [0.5, 0.6) is 0 Å². The van der Waals surface area contributed by atoms with Gasteiger partial charge in [-0.2, -0.15) is 0 Å². The van der Waals surface area contributed by atoms with Gasteiger partial charge in [0.05, 0.1) is 4.83 Å². The first kappa shape index (κ1) is 16.0. The highest BCUT2D eigenvalue weighted by Gasteiger charge is 2.58. The molecule has 4 atom stereocenters. The van der Waals surface area contributed by atoms with Crippen LogP contribution in [0.2, 0.25) is 0 Å². The van der Waals surface area contributed by atoms with E-state index in [1.165, 1.54) is 5.57 Å². The maximum Gasteiger partial charge on any atom is 0.169 e. The lowest BCUT2D eigenvalue weighted by Gasteiger charge is -2.57. The van der Waals surface area contributed by atoms with Gasteiger partial charge < -0.3 is 0 Å². The summed E-state index contributed by atoms with van der Waals surface area (Å²) >= 11 is 14.0. The van der Waals surface area contributed by atoms with Crippen LogP contribution in [0.3, 0.4) is 0 Å². The highest BCUT2D eigenvalue weighted by molar-refractivity contribution is 9.10. The second-order valence-electron chi connectivity index (χ2n) is 6.85. The van der Waals surface area contributed by atoms with Crippen molar-refractivity contribution in [1.82, 2.24) is 0 Å². The van der Waals surface area contributed by atoms with Gasteiger partial charge in [-0.3, -0.25) is 4.79 Å². The Balaban J connectivity index is 2.48. The molecule has 1 saturated carbocycles. The second kappa shape index (κ2) is 4.84. The van der Waals surface area contributed by atoms with Gasteiger partial charge in [0.2, 0.25) is 0 Å². The van der Waals surface area contributed by atoms with Gasteiger partial charge >= 0.3 is 0 Å². The average Bonchev–Trinajstić information content (AvgIpc) is 2.29. The maximum atomic E-state index is 12.1. The summed E-state index contributed by atoms with van der Waals surface area (Å²) < 4.78 is -0.000564. The number of carbonyl (C=O) groups is 1. The van der Waals surface area contributed by atoms with E-state index in [2.05, 4.69) is 59.6 Å². The summed E-state index contributed by atoms with van der Waals surface area (Å²) in [4.78, 5) is 12.0. The van der Waals surface area contributed by atoms with Crippen LogP contribution in [0.25, 0.3) is 0 Å². The third kappa shape index (κ3) is 2.28. The van der Waals surface area contributed by atoms with Crippen molar-refractivity contribution in [3.8, 4) is 0 Å². The predicted molar refractivity (Wildman–Crippen MR) is 88.5 cm³/mol. The largest absolute Gasteiger partial charge is 0.294 e. The molecule has 4 heteroatoms. The van der Waals surface area contributed by atoms with Crippen LogP contribution in [-0.4, -0.2) is 20.3 Å². The zero-order valence-electron chi connectivity index (χ0n) is 11.9. The molecule has 0 radical (unpaired) electrons. The molecule has 0 amide bonds. The van der Waals surface area contributed by atoms with Gasteiger partial charge in [-0.1, -0.05) is 51.3 Å². The Bertz CT molecular complexity index is 441. The van der Waals surface area contributed by atoms with E-state index in [0.29, 0.717) is 0 Å². The van der Waals surface area contributed by atoms with Gasteiger partial charge in [0.25, 0.3) is 0 Å². The fourth-order valence-corrected chi connectivity index (χ4v) is 5.01. The highest BCUT2D eigenvalue weighted by Crippen LogP contribution is 2.62. The molecular formula is C15H21Br2ClO. The van der Waals surface area contributed by atoms with Crippen molar-refractivity contribution in [1.29, 1.82) is 0 Å². The predicted octanol–water partition coefficient (Wildman–Crippen LogP) is 5.24. The Labute approximate surface area is 137 Å². The number of hydrogen-bond donors (Lipinski definition) is 0. The lowest BCUT2D eigenvalue weighted by Crippen LogP contribution is -2.55. The van der Waals surface area contributed by atoms with Crippen molar-refractivity contribution >= 4 is 49.2 Å². The maximum absolute atomic E-state index is 12.1. The third-order valence-corrected chi connectivity index (χ3v) is 8.90. The molecule has 2 aliphatic carbocycles. The third-order valence-electron chi connectivity index (χ3n) is 5.45. The number of ketones is 1. The Morgan fingerprint density at radius 2 is 1.89 bits per heavy atom. The molecular weight excluding hydrogens is 391 g/mol. The lowest BCUT2D eigenvalue weighted by molar-refractivity contribution is -0.119. The van der Waals surface area contributed by atoms with E-state index < -0.39 is 0 Å². The molecule has 0 heterocycles. The molecule has 0 aliphatic heterocycles. The molecule has 0 aromatic carbocycles. The van der Waals surface area contributed by atoms with Crippen molar-refractivity contribution in [2.24, 2.45) is 10.8 Å². The monoisotopic (exact) mass is 410 g/mol. The molecule has 19 heavy (non-hydrogen) atoms. The van der Waals surface area contributed by atoms with Gasteiger partial charge in [0, 0.05) is 9.70 Å². The normalized spacial score (nSPS) is 46.3. The lowest BCUT2D eigenvalue weighted by atomic mass is 9.51. The van der Waals surface area contributed by atoms with Gasteiger partial charge in [-0.15, -0.1) is 11.6 Å². The number of halogens is 3. The van der Waals surface area contributed by atoms with E-state index in [0.717, 1.165) is 19.3 Å². The molecule has 0 bridgehead atoms. The molecule has 0 N–H and O–H groups in total. The molecule has 2 aliphatic rings. The minimum Gasteiger partial charge on any atom is -0.294 e. The summed E-state index contributed by atoms with van der Waals surface area (Å²) in [5.41, 5.74) is 1.11.